The van der Waals surface area contributed by atoms with E-state index in [1.165, 1.54) is 32.1 Å². The number of carbonyl (C=O) groups excluding carboxylic acids is 1. The molecule has 2 atom stereocenters. The first kappa shape index (κ1) is 15.8. The van der Waals surface area contributed by atoms with Crippen molar-refractivity contribution in [2.45, 2.75) is 57.5 Å². The molecule has 2 aliphatic rings. The molecule has 0 bridgehead atoms. The summed E-state index contributed by atoms with van der Waals surface area (Å²) in [7, 11) is -2.97. The number of nitrogens with one attached hydrogen (secondary N) is 2. The maximum Gasteiger partial charge on any atom is 0.221 e. The minimum absolute atomic E-state index is 0.0299. The van der Waals surface area contributed by atoms with Gasteiger partial charge < -0.3 is 10.6 Å². The summed E-state index contributed by atoms with van der Waals surface area (Å²) >= 11 is 0. The summed E-state index contributed by atoms with van der Waals surface area (Å²) < 4.78 is 23.1. The summed E-state index contributed by atoms with van der Waals surface area (Å²) in [6, 6.07) is -0.0321. The van der Waals surface area contributed by atoms with Gasteiger partial charge in [-0.3, -0.25) is 4.79 Å². The lowest BCUT2D eigenvalue weighted by Gasteiger charge is -2.29. The summed E-state index contributed by atoms with van der Waals surface area (Å²) in [5, 5.41) is 6.17. The Labute approximate surface area is 121 Å². The Morgan fingerprint density at radius 1 is 1.30 bits per heavy atom. The van der Waals surface area contributed by atoms with Crippen LogP contribution in [0.5, 0.6) is 0 Å². The Balaban J connectivity index is 1.77. The molecule has 0 aromatic heterocycles. The largest absolute Gasteiger partial charge is 0.353 e. The van der Waals surface area contributed by atoms with Gasteiger partial charge in [-0.05, 0) is 25.7 Å². The molecular formula is C14H26N2O3S. The number of hydrogen-bond acceptors (Lipinski definition) is 4. The van der Waals surface area contributed by atoms with Crippen LogP contribution >= 0.6 is 0 Å². The molecule has 2 fully saturated rings. The van der Waals surface area contributed by atoms with Gasteiger partial charge in [0.05, 0.1) is 11.5 Å². The summed E-state index contributed by atoms with van der Waals surface area (Å²) in [6.45, 7) is 2.53. The maximum absolute atomic E-state index is 12.0. The van der Waals surface area contributed by atoms with Crippen LogP contribution < -0.4 is 10.6 Å². The van der Waals surface area contributed by atoms with Gasteiger partial charge in [-0.25, -0.2) is 8.42 Å². The van der Waals surface area contributed by atoms with Gasteiger partial charge in [0.25, 0.3) is 0 Å². The van der Waals surface area contributed by atoms with Crippen LogP contribution in [-0.4, -0.2) is 44.5 Å². The van der Waals surface area contributed by atoms with E-state index in [9.17, 15) is 13.2 Å². The molecule has 1 heterocycles. The number of sulfone groups is 1. The van der Waals surface area contributed by atoms with Crippen LogP contribution in [0.1, 0.15) is 45.4 Å². The molecule has 1 amide bonds. The van der Waals surface area contributed by atoms with Crippen LogP contribution in [-0.2, 0) is 14.6 Å². The number of amides is 1. The quantitative estimate of drug-likeness (QED) is 0.807. The smallest absolute Gasteiger partial charge is 0.221 e. The highest BCUT2D eigenvalue weighted by Gasteiger charge is 2.27. The van der Waals surface area contributed by atoms with Crippen molar-refractivity contribution >= 4 is 15.7 Å². The van der Waals surface area contributed by atoms with Crippen LogP contribution in [0.25, 0.3) is 0 Å². The molecule has 1 aliphatic carbocycles. The molecule has 5 nitrogen and oxygen atoms in total. The van der Waals surface area contributed by atoms with Gasteiger partial charge in [-0.15, -0.1) is 0 Å². The van der Waals surface area contributed by atoms with Gasteiger partial charge in [-0.1, -0.05) is 19.3 Å². The topological polar surface area (TPSA) is 75.3 Å². The Bertz CT molecular complexity index is 430. The van der Waals surface area contributed by atoms with Crippen LogP contribution in [0.15, 0.2) is 0 Å². The number of rotatable bonds is 4. The zero-order valence-electron chi connectivity index (χ0n) is 12.2. The van der Waals surface area contributed by atoms with Crippen molar-refractivity contribution in [2.75, 3.05) is 18.1 Å². The fourth-order valence-corrected chi connectivity index (χ4v) is 4.73. The van der Waals surface area contributed by atoms with E-state index in [0.29, 0.717) is 12.5 Å². The van der Waals surface area contributed by atoms with Gasteiger partial charge >= 0.3 is 0 Å². The maximum atomic E-state index is 12.0. The fraction of sp³-hybridized carbons (Fsp3) is 0.929. The van der Waals surface area contributed by atoms with Crippen molar-refractivity contribution in [3.63, 3.8) is 0 Å². The molecule has 0 aromatic rings. The highest BCUT2D eigenvalue weighted by Crippen LogP contribution is 2.26. The van der Waals surface area contributed by atoms with Gasteiger partial charge in [0.1, 0.15) is 0 Å². The van der Waals surface area contributed by atoms with Gasteiger partial charge in [-0.2, -0.15) is 0 Å². The number of carbonyl (C=O) groups is 1. The van der Waals surface area contributed by atoms with E-state index >= 15 is 0 Å². The Morgan fingerprint density at radius 3 is 2.65 bits per heavy atom. The predicted octanol–water partition coefficient (Wildman–Crippen LogP) is 0.848. The SMILES string of the molecule is CC(NC(=O)CC1CS(=O)(=O)CCN1)C1CCCCC1. The molecular weight excluding hydrogens is 276 g/mol. The Kier molecular flexibility index (Phi) is 5.43. The van der Waals surface area contributed by atoms with Crippen LogP contribution in [0.2, 0.25) is 0 Å². The minimum atomic E-state index is -2.97. The molecule has 1 saturated heterocycles. The molecule has 2 N–H and O–H groups in total. The van der Waals surface area contributed by atoms with Crippen molar-refractivity contribution in [3.8, 4) is 0 Å². The first-order chi connectivity index (χ1) is 9.46. The molecule has 20 heavy (non-hydrogen) atoms. The second-order valence-corrected chi connectivity index (χ2v) is 8.45. The minimum Gasteiger partial charge on any atom is -0.353 e. The second-order valence-electron chi connectivity index (χ2n) is 6.22. The average Bonchev–Trinajstić information content (AvgIpc) is 2.38. The third-order valence-corrected chi connectivity index (χ3v) is 6.21. The van der Waals surface area contributed by atoms with E-state index in [4.69, 9.17) is 0 Å². The summed E-state index contributed by atoms with van der Waals surface area (Å²) in [4.78, 5) is 12.0. The number of hydrogen-bond donors (Lipinski definition) is 2. The average molecular weight is 302 g/mol. The van der Waals surface area contributed by atoms with Crippen LogP contribution in [0.3, 0.4) is 0 Å². The molecule has 6 heteroatoms. The van der Waals surface area contributed by atoms with Crippen molar-refractivity contribution in [3.05, 3.63) is 0 Å². The lowest BCUT2D eigenvalue weighted by molar-refractivity contribution is -0.122. The first-order valence-electron chi connectivity index (χ1n) is 7.69. The van der Waals surface area contributed by atoms with E-state index in [0.717, 1.165) is 0 Å². The first-order valence-corrected chi connectivity index (χ1v) is 9.51. The molecule has 2 unspecified atom stereocenters. The molecule has 0 radical (unpaired) electrons. The highest BCUT2D eigenvalue weighted by atomic mass is 32.2. The van der Waals surface area contributed by atoms with Crippen LogP contribution in [0.4, 0.5) is 0 Å². The van der Waals surface area contributed by atoms with E-state index in [2.05, 4.69) is 17.6 Å². The van der Waals surface area contributed by atoms with Crippen molar-refractivity contribution in [1.29, 1.82) is 0 Å². The van der Waals surface area contributed by atoms with Crippen molar-refractivity contribution in [2.24, 2.45) is 5.92 Å². The highest BCUT2D eigenvalue weighted by molar-refractivity contribution is 7.91. The molecule has 1 saturated carbocycles. The molecule has 0 aromatic carbocycles. The van der Waals surface area contributed by atoms with E-state index in [1.807, 2.05) is 0 Å². The van der Waals surface area contributed by atoms with E-state index < -0.39 is 9.84 Å². The zero-order chi connectivity index (χ0) is 14.6. The van der Waals surface area contributed by atoms with E-state index in [-0.39, 0.29) is 35.9 Å². The third kappa shape index (κ3) is 4.74. The van der Waals surface area contributed by atoms with Gasteiger partial charge in [0, 0.05) is 25.0 Å². The third-order valence-electron chi connectivity index (χ3n) is 4.48. The fourth-order valence-electron chi connectivity index (χ4n) is 3.29. The van der Waals surface area contributed by atoms with Gasteiger partial charge in [0.15, 0.2) is 9.84 Å². The van der Waals surface area contributed by atoms with Crippen LogP contribution in [0, 0.1) is 5.92 Å². The standard InChI is InChI=1S/C14H26N2O3S/c1-11(12-5-3-2-4-6-12)16-14(17)9-13-10-20(18,19)8-7-15-13/h11-13,15H,2-10H2,1H3,(H,16,17). The normalized spacial score (nSPS) is 28.8. The predicted molar refractivity (Wildman–Crippen MR) is 79.2 cm³/mol. The van der Waals surface area contributed by atoms with Gasteiger partial charge in [0.2, 0.25) is 5.91 Å². The molecule has 0 spiro atoms. The van der Waals surface area contributed by atoms with Crippen molar-refractivity contribution in [1.82, 2.24) is 10.6 Å². The second kappa shape index (κ2) is 6.89. The lowest BCUT2D eigenvalue weighted by Crippen LogP contribution is -2.48. The Hall–Kier alpha value is -0.620. The summed E-state index contributed by atoms with van der Waals surface area (Å²) in [5.74, 6) is 0.815. The zero-order valence-corrected chi connectivity index (χ0v) is 13.0. The monoisotopic (exact) mass is 302 g/mol. The molecule has 116 valence electrons. The Morgan fingerprint density at radius 2 is 2.00 bits per heavy atom. The lowest BCUT2D eigenvalue weighted by atomic mass is 9.84. The van der Waals surface area contributed by atoms with E-state index in [1.54, 1.807) is 0 Å². The summed E-state index contributed by atoms with van der Waals surface area (Å²) in [5.41, 5.74) is 0. The van der Waals surface area contributed by atoms with Crippen molar-refractivity contribution < 1.29 is 13.2 Å². The molecule has 2 rings (SSSR count). The summed E-state index contributed by atoms with van der Waals surface area (Å²) in [6.07, 6.45) is 6.47. The molecule has 1 aliphatic heterocycles.